The normalized spacial score (nSPS) is 14.0. The SMILES string of the molecule is CC(=O)c1ccc(F)cc1OCCC(=O)NC1CC1. The molecule has 1 amide bonds. The summed E-state index contributed by atoms with van der Waals surface area (Å²) in [5.41, 5.74) is 0.323. The predicted octanol–water partition coefficient (Wildman–Crippen LogP) is 2.08. The first-order valence-corrected chi connectivity index (χ1v) is 6.29. The van der Waals surface area contributed by atoms with Crippen LogP contribution < -0.4 is 10.1 Å². The Morgan fingerprint density at radius 1 is 1.42 bits per heavy atom. The third-order valence-corrected chi connectivity index (χ3v) is 2.85. The van der Waals surface area contributed by atoms with E-state index in [1.54, 1.807) is 0 Å². The van der Waals surface area contributed by atoms with Crippen molar-refractivity contribution in [2.75, 3.05) is 6.61 Å². The largest absolute Gasteiger partial charge is 0.492 e. The standard InChI is InChI=1S/C14H16FNO3/c1-9(17)12-5-2-10(15)8-13(12)19-7-6-14(18)16-11-3-4-11/h2,5,8,11H,3-4,6-7H2,1H3,(H,16,18). The predicted molar refractivity (Wildman–Crippen MR) is 67.7 cm³/mol. The molecule has 1 aromatic carbocycles. The van der Waals surface area contributed by atoms with Crippen molar-refractivity contribution in [1.82, 2.24) is 5.32 Å². The van der Waals surface area contributed by atoms with Gasteiger partial charge in [-0.25, -0.2) is 4.39 Å². The molecule has 0 bridgehead atoms. The van der Waals surface area contributed by atoms with Crippen molar-refractivity contribution in [2.24, 2.45) is 0 Å². The molecule has 0 atom stereocenters. The summed E-state index contributed by atoms with van der Waals surface area (Å²) >= 11 is 0. The lowest BCUT2D eigenvalue weighted by molar-refractivity contribution is -0.121. The Morgan fingerprint density at radius 2 is 2.16 bits per heavy atom. The smallest absolute Gasteiger partial charge is 0.223 e. The summed E-state index contributed by atoms with van der Waals surface area (Å²) in [5.74, 6) is -0.560. The molecule has 1 aliphatic carbocycles. The molecule has 0 aromatic heterocycles. The van der Waals surface area contributed by atoms with Gasteiger partial charge in [0.05, 0.1) is 18.6 Å². The van der Waals surface area contributed by atoms with Crippen molar-refractivity contribution < 1.29 is 18.7 Å². The first-order valence-electron chi connectivity index (χ1n) is 6.29. The molecule has 1 aromatic rings. The van der Waals surface area contributed by atoms with E-state index in [2.05, 4.69) is 5.32 Å². The lowest BCUT2D eigenvalue weighted by atomic mass is 10.1. The summed E-state index contributed by atoms with van der Waals surface area (Å²) in [6.45, 7) is 1.52. The summed E-state index contributed by atoms with van der Waals surface area (Å²) in [4.78, 5) is 22.8. The highest BCUT2D eigenvalue weighted by atomic mass is 19.1. The van der Waals surface area contributed by atoms with E-state index in [0.29, 0.717) is 11.6 Å². The Kier molecular flexibility index (Phi) is 4.14. The van der Waals surface area contributed by atoms with E-state index in [9.17, 15) is 14.0 Å². The lowest BCUT2D eigenvalue weighted by Gasteiger charge is -2.10. The molecule has 0 radical (unpaired) electrons. The fourth-order valence-corrected chi connectivity index (χ4v) is 1.69. The van der Waals surface area contributed by atoms with Gasteiger partial charge in [0.2, 0.25) is 5.91 Å². The summed E-state index contributed by atoms with van der Waals surface area (Å²) in [5, 5.41) is 2.83. The second kappa shape index (κ2) is 5.82. The Hall–Kier alpha value is -1.91. The first kappa shape index (κ1) is 13.5. The molecule has 0 unspecified atom stereocenters. The molecule has 0 aliphatic heterocycles. The van der Waals surface area contributed by atoms with Gasteiger partial charge in [0, 0.05) is 12.1 Å². The fourth-order valence-electron chi connectivity index (χ4n) is 1.69. The highest BCUT2D eigenvalue weighted by Crippen LogP contribution is 2.21. The average molecular weight is 265 g/mol. The summed E-state index contributed by atoms with van der Waals surface area (Å²) in [6, 6.07) is 4.07. The Balaban J connectivity index is 1.88. The van der Waals surface area contributed by atoms with Gasteiger partial charge in [-0.1, -0.05) is 0 Å². The molecule has 19 heavy (non-hydrogen) atoms. The van der Waals surface area contributed by atoms with E-state index in [-0.39, 0.29) is 30.5 Å². The molecular weight excluding hydrogens is 249 g/mol. The lowest BCUT2D eigenvalue weighted by Crippen LogP contribution is -2.26. The van der Waals surface area contributed by atoms with Gasteiger partial charge in [0.1, 0.15) is 11.6 Å². The first-order chi connectivity index (χ1) is 9.06. The minimum atomic E-state index is -0.470. The third kappa shape index (κ3) is 4.05. The third-order valence-electron chi connectivity index (χ3n) is 2.85. The molecule has 4 nitrogen and oxygen atoms in total. The number of ketones is 1. The summed E-state index contributed by atoms with van der Waals surface area (Å²) < 4.78 is 18.4. The van der Waals surface area contributed by atoms with Crippen molar-refractivity contribution in [3.05, 3.63) is 29.6 Å². The van der Waals surface area contributed by atoms with Gasteiger partial charge in [0.25, 0.3) is 0 Å². The number of carbonyl (C=O) groups is 2. The maximum Gasteiger partial charge on any atom is 0.223 e. The highest BCUT2D eigenvalue weighted by Gasteiger charge is 2.23. The van der Waals surface area contributed by atoms with Gasteiger partial charge in [0.15, 0.2) is 5.78 Å². The molecular formula is C14H16FNO3. The van der Waals surface area contributed by atoms with Gasteiger partial charge in [-0.05, 0) is 31.9 Å². The van der Waals surface area contributed by atoms with Crippen LogP contribution in [0.5, 0.6) is 5.75 Å². The second-order valence-electron chi connectivity index (χ2n) is 4.64. The summed E-state index contributed by atoms with van der Waals surface area (Å²) in [6.07, 6.45) is 2.26. The number of halogens is 1. The Labute approximate surface area is 110 Å². The number of ether oxygens (including phenoxy) is 1. The van der Waals surface area contributed by atoms with Crippen LogP contribution in [0.3, 0.4) is 0 Å². The maximum absolute atomic E-state index is 13.1. The van der Waals surface area contributed by atoms with Crippen molar-refractivity contribution in [3.8, 4) is 5.75 Å². The van der Waals surface area contributed by atoms with Gasteiger partial charge in [-0.2, -0.15) is 0 Å². The number of Topliss-reactive ketones (excluding diaryl/α,β-unsaturated/α-hetero) is 1. The van der Waals surface area contributed by atoms with Crippen LogP contribution >= 0.6 is 0 Å². The molecule has 5 heteroatoms. The van der Waals surface area contributed by atoms with E-state index in [0.717, 1.165) is 18.9 Å². The topological polar surface area (TPSA) is 55.4 Å². The van der Waals surface area contributed by atoms with Crippen LogP contribution in [-0.4, -0.2) is 24.3 Å². The Morgan fingerprint density at radius 3 is 2.79 bits per heavy atom. The van der Waals surface area contributed by atoms with Crippen LogP contribution in [0.15, 0.2) is 18.2 Å². The Bertz CT molecular complexity index is 497. The van der Waals surface area contributed by atoms with Crippen LogP contribution in [0, 0.1) is 5.82 Å². The molecule has 1 N–H and O–H groups in total. The molecule has 1 fully saturated rings. The number of amides is 1. The van der Waals surface area contributed by atoms with Crippen LogP contribution in [0.25, 0.3) is 0 Å². The van der Waals surface area contributed by atoms with Crippen molar-refractivity contribution >= 4 is 11.7 Å². The molecule has 0 spiro atoms. The van der Waals surface area contributed by atoms with Gasteiger partial charge in [-0.3, -0.25) is 9.59 Å². The number of hydrogen-bond donors (Lipinski definition) is 1. The number of benzene rings is 1. The van der Waals surface area contributed by atoms with Crippen LogP contribution in [0.2, 0.25) is 0 Å². The van der Waals surface area contributed by atoms with Gasteiger partial charge in [-0.15, -0.1) is 0 Å². The molecule has 0 heterocycles. The van der Waals surface area contributed by atoms with Crippen molar-refractivity contribution in [1.29, 1.82) is 0 Å². The number of hydrogen-bond acceptors (Lipinski definition) is 3. The van der Waals surface area contributed by atoms with E-state index in [4.69, 9.17) is 4.74 Å². The summed E-state index contributed by atoms with van der Waals surface area (Å²) in [7, 11) is 0. The minimum absolute atomic E-state index is 0.0803. The van der Waals surface area contributed by atoms with Crippen LogP contribution in [-0.2, 0) is 4.79 Å². The van der Waals surface area contributed by atoms with E-state index in [1.165, 1.54) is 19.1 Å². The zero-order valence-electron chi connectivity index (χ0n) is 10.7. The van der Waals surface area contributed by atoms with Crippen molar-refractivity contribution in [3.63, 3.8) is 0 Å². The number of nitrogens with one attached hydrogen (secondary N) is 1. The van der Waals surface area contributed by atoms with Gasteiger partial charge >= 0.3 is 0 Å². The molecule has 0 saturated heterocycles. The monoisotopic (exact) mass is 265 g/mol. The zero-order chi connectivity index (χ0) is 13.8. The second-order valence-corrected chi connectivity index (χ2v) is 4.64. The fraction of sp³-hybridized carbons (Fsp3) is 0.429. The molecule has 1 aliphatic rings. The van der Waals surface area contributed by atoms with E-state index >= 15 is 0 Å². The van der Waals surface area contributed by atoms with E-state index in [1.807, 2.05) is 0 Å². The van der Waals surface area contributed by atoms with Crippen LogP contribution in [0.1, 0.15) is 36.5 Å². The number of carbonyl (C=O) groups excluding carboxylic acids is 2. The minimum Gasteiger partial charge on any atom is -0.492 e. The maximum atomic E-state index is 13.1. The average Bonchev–Trinajstić information content (AvgIpc) is 3.12. The van der Waals surface area contributed by atoms with Crippen LogP contribution in [0.4, 0.5) is 4.39 Å². The molecule has 2 rings (SSSR count). The highest BCUT2D eigenvalue weighted by molar-refractivity contribution is 5.96. The molecule has 1 saturated carbocycles. The number of rotatable bonds is 6. The van der Waals surface area contributed by atoms with E-state index < -0.39 is 5.82 Å². The molecule has 102 valence electrons. The van der Waals surface area contributed by atoms with Gasteiger partial charge < -0.3 is 10.1 Å². The quantitative estimate of drug-likeness (QED) is 0.801. The van der Waals surface area contributed by atoms with Crippen molar-refractivity contribution in [2.45, 2.75) is 32.2 Å². The zero-order valence-corrected chi connectivity index (χ0v) is 10.7.